The fourth-order valence-electron chi connectivity index (χ4n) is 3.87. The molecule has 0 aromatic carbocycles. The van der Waals surface area contributed by atoms with Crippen molar-refractivity contribution < 1.29 is 18.8 Å². The van der Waals surface area contributed by atoms with Crippen LogP contribution in [0.25, 0.3) is 0 Å². The van der Waals surface area contributed by atoms with E-state index in [2.05, 4.69) is 15.1 Å². The molecule has 10 heteroatoms. The van der Waals surface area contributed by atoms with E-state index in [0.717, 1.165) is 12.8 Å². The zero-order valence-electron chi connectivity index (χ0n) is 15.4. The van der Waals surface area contributed by atoms with Gasteiger partial charge in [-0.1, -0.05) is 16.8 Å². The molecule has 0 unspecified atom stereocenters. The highest BCUT2D eigenvalue weighted by Gasteiger charge is 2.36. The first-order valence-electron chi connectivity index (χ1n) is 9.26. The van der Waals surface area contributed by atoms with Crippen LogP contribution >= 0.6 is 11.6 Å². The number of halogens is 2. The van der Waals surface area contributed by atoms with E-state index in [0.29, 0.717) is 35.5 Å². The molecule has 0 aliphatic carbocycles. The summed E-state index contributed by atoms with van der Waals surface area (Å²) in [6, 6.07) is 2.79. The molecular formula is C19H19ClFN5O3. The van der Waals surface area contributed by atoms with E-state index in [1.54, 1.807) is 4.90 Å². The van der Waals surface area contributed by atoms with E-state index in [9.17, 15) is 14.0 Å². The minimum atomic E-state index is -0.707. The highest BCUT2D eigenvalue weighted by molar-refractivity contribution is 6.30. The average Bonchev–Trinajstić information content (AvgIpc) is 3.10. The second kappa shape index (κ2) is 7.82. The number of aromatic nitrogens is 2. The van der Waals surface area contributed by atoms with Crippen molar-refractivity contribution in [3.63, 3.8) is 0 Å². The summed E-state index contributed by atoms with van der Waals surface area (Å²) in [4.78, 5) is 37.9. The molecule has 0 bridgehead atoms. The fourth-order valence-corrected chi connectivity index (χ4v) is 4.03. The summed E-state index contributed by atoms with van der Waals surface area (Å²) in [7, 11) is 0. The molecule has 8 nitrogen and oxygen atoms in total. The summed E-state index contributed by atoms with van der Waals surface area (Å²) in [5, 5.41) is 4.13. The van der Waals surface area contributed by atoms with Gasteiger partial charge in [-0.25, -0.2) is 9.78 Å². The number of oxime groups is 1. The normalized spacial score (nSPS) is 21.9. The van der Waals surface area contributed by atoms with Gasteiger partial charge in [-0.05, 0) is 43.4 Å². The van der Waals surface area contributed by atoms with Crippen LogP contribution < -0.4 is 5.73 Å². The van der Waals surface area contributed by atoms with Crippen molar-refractivity contribution >= 4 is 29.3 Å². The van der Waals surface area contributed by atoms with E-state index < -0.39 is 11.9 Å². The molecule has 3 N–H and O–H groups in total. The molecule has 4 heterocycles. The number of aryl methyl sites for hydroxylation is 1. The zero-order valence-corrected chi connectivity index (χ0v) is 16.2. The van der Waals surface area contributed by atoms with Crippen LogP contribution in [0.2, 0.25) is 5.02 Å². The Bertz CT molecular complexity index is 992. The molecule has 4 rings (SSSR count). The molecule has 2 atom stereocenters. The molecule has 0 radical (unpaired) electrons. The largest absolute Gasteiger partial charge is 0.384 e. The lowest BCUT2D eigenvalue weighted by Crippen LogP contribution is -2.49. The third-order valence-corrected chi connectivity index (χ3v) is 5.64. The molecular weight excluding hydrogens is 401 g/mol. The maximum atomic E-state index is 13.4. The lowest BCUT2D eigenvalue weighted by molar-refractivity contribution is 0.0490. The number of aromatic amines is 1. The minimum Gasteiger partial charge on any atom is -0.384 e. The van der Waals surface area contributed by atoms with Crippen molar-refractivity contribution in [2.45, 2.75) is 31.7 Å². The molecule has 2 aromatic rings. The van der Waals surface area contributed by atoms with Gasteiger partial charge in [0.05, 0.1) is 10.6 Å². The average molecular weight is 420 g/mol. The van der Waals surface area contributed by atoms with Crippen molar-refractivity contribution in [1.29, 1.82) is 0 Å². The van der Waals surface area contributed by atoms with Gasteiger partial charge in [-0.15, -0.1) is 0 Å². The Morgan fingerprint density at radius 3 is 2.97 bits per heavy atom. The second-order valence-electron chi connectivity index (χ2n) is 7.21. The van der Waals surface area contributed by atoms with Crippen LogP contribution in [0.15, 0.2) is 29.7 Å². The Hall–Kier alpha value is -2.94. The van der Waals surface area contributed by atoms with Crippen molar-refractivity contribution in [3.05, 3.63) is 52.3 Å². The predicted molar refractivity (Wildman–Crippen MR) is 103 cm³/mol. The van der Waals surface area contributed by atoms with Gasteiger partial charge in [-0.3, -0.25) is 4.79 Å². The molecule has 2 aromatic heterocycles. The molecule has 1 amide bonds. The third kappa shape index (κ3) is 3.95. The number of nitrogens with two attached hydrogens (primary N) is 1. The standard InChI is InChI=1S/C19H19ClFN5O3/c20-12-6-15(23-7-12)19(28)29-25-17(22)11-2-4-13-3-1-10-5-16(21)24-8-14(10)18(27)26(13)9-11/h5-8,11,13,23H,1-4,9H2,(H2,22,25)/t11-,13-/m1/s1. The number of pyridine rings is 1. The van der Waals surface area contributed by atoms with Gasteiger partial charge in [0.25, 0.3) is 5.91 Å². The molecule has 1 saturated heterocycles. The van der Waals surface area contributed by atoms with Crippen LogP contribution in [0.4, 0.5) is 4.39 Å². The minimum absolute atomic E-state index is 0.0469. The summed E-state index contributed by atoms with van der Waals surface area (Å²) in [6.07, 6.45) is 5.55. The topological polar surface area (TPSA) is 114 Å². The molecule has 0 spiro atoms. The maximum absolute atomic E-state index is 13.4. The van der Waals surface area contributed by atoms with Crippen LogP contribution in [-0.2, 0) is 11.3 Å². The van der Waals surface area contributed by atoms with E-state index >= 15 is 0 Å². The lowest BCUT2D eigenvalue weighted by atomic mass is 9.90. The van der Waals surface area contributed by atoms with E-state index in [-0.39, 0.29) is 29.4 Å². The van der Waals surface area contributed by atoms with Gasteiger partial charge >= 0.3 is 5.97 Å². The number of piperidine rings is 1. The molecule has 29 heavy (non-hydrogen) atoms. The number of hydrogen-bond donors (Lipinski definition) is 2. The Kier molecular flexibility index (Phi) is 5.23. The van der Waals surface area contributed by atoms with Gasteiger partial charge in [-0.2, -0.15) is 4.39 Å². The van der Waals surface area contributed by atoms with Gasteiger partial charge in [0.15, 0.2) is 0 Å². The smallest absolute Gasteiger partial charge is 0.381 e. The van der Waals surface area contributed by atoms with Gasteiger partial charge < -0.3 is 20.5 Å². The Balaban J connectivity index is 1.47. The van der Waals surface area contributed by atoms with Crippen LogP contribution in [0.5, 0.6) is 0 Å². The highest BCUT2D eigenvalue weighted by atomic mass is 35.5. The highest BCUT2D eigenvalue weighted by Crippen LogP contribution is 2.31. The zero-order chi connectivity index (χ0) is 20.5. The van der Waals surface area contributed by atoms with Crippen LogP contribution in [0.1, 0.15) is 45.7 Å². The van der Waals surface area contributed by atoms with E-state index in [1.807, 2.05) is 0 Å². The summed E-state index contributed by atoms with van der Waals surface area (Å²) >= 11 is 5.76. The molecule has 152 valence electrons. The van der Waals surface area contributed by atoms with Crippen molar-refractivity contribution in [2.24, 2.45) is 16.8 Å². The van der Waals surface area contributed by atoms with Gasteiger partial charge in [0.1, 0.15) is 11.5 Å². The molecule has 2 aliphatic heterocycles. The summed E-state index contributed by atoms with van der Waals surface area (Å²) in [6.45, 7) is 0.349. The Morgan fingerprint density at radius 1 is 1.38 bits per heavy atom. The fraction of sp³-hybridized carbons (Fsp3) is 0.368. The number of amides is 1. The second-order valence-corrected chi connectivity index (χ2v) is 7.65. The summed E-state index contributed by atoms with van der Waals surface area (Å²) < 4.78 is 13.4. The number of carbonyl (C=O) groups is 2. The van der Waals surface area contributed by atoms with Crippen molar-refractivity contribution in [1.82, 2.24) is 14.9 Å². The summed E-state index contributed by atoms with van der Waals surface area (Å²) in [5.41, 5.74) is 7.29. The number of nitrogens with zero attached hydrogens (tertiary/aromatic N) is 3. The first-order chi connectivity index (χ1) is 13.9. The van der Waals surface area contributed by atoms with E-state index in [1.165, 1.54) is 24.5 Å². The molecule has 2 aliphatic rings. The first-order valence-corrected chi connectivity index (χ1v) is 9.64. The SMILES string of the molecule is NC(=NOC(=O)c1cc(Cl)c[nH]1)[C@@H]1CC[C@H]2CCc3cc(F)ncc3C(=O)N2C1. The predicted octanol–water partition coefficient (Wildman–Crippen LogP) is 2.50. The quantitative estimate of drug-likeness (QED) is 0.261. The number of rotatable bonds is 3. The number of nitrogens with one attached hydrogen (secondary N) is 1. The monoisotopic (exact) mass is 419 g/mol. The number of amidine groups is 1. The van der Waals surface area contributed by atoms with Crippen LogP contribution in [-0.4, -0.2) is 45.2 Å². The maximum Gasteiger partial charge on any atom is 0.381 e. The first kappa shape index (κ1) is 19.4. The number of hydrogen-bond acceptors (Lipinski definition) is 5. The van der Waals surface area contributed by atoms with Crippen LogP contribution in [0, 0.1) is 11.9 Å². The van der Waals surface area contributed by atoms with Crippen molar-refractivity contribution in [3.8, 4) is 0 Å². The number of fused-ring (bicyclic) bond motifs is 2. The van der Waals surface area contributed by atoms with Crippen molar-refractivity contribution in [2.75, 3.05) is 6.54 Å². The number of H-pyrrole nitrogens is 1. The van der Waals surface area contributed by atoms with Gasteiger partial charge in [0, 0.05) is 30.9 Å². The summed E-state index contributed by atoms with van der Waals surface area (Å²) in [5.74, 6) is -1.59. The Morgan fingerprint density at radius 2 is 2.21 bits per heavy atom. The third-order valence-electron chi connectivity index (χ3n) is 5.42. The molecule has 0 saturated carbocycles. The molecule has 1 fully saturated rings. The Labute approximate surface area is 170 Å². The number of carbonyl (C=O) groups excluding carboxylic acids is 2. The lowest BCUT2D eigenvalue weighted by Gasteiger charge is -2.38. The van der Waals surface area contributed by atoms with Gasteiger partial charge in [0.2, 0.25) is 5.95 Å². The van der Waals surface area contributed by atoms with E-state index in [4.69, 9.17) is 22.2 Å². The van der Waals surface area contributed by atoms with Crippen LogP contribution in [0.3, 0.4) is 0 Å².